The van der Waals surface area contributed by atoms with Crippen molar-refractivity contribution in [3.8, 4) is 0 Å². The summed E-state index contributed by atoms with van der Waals surface area (Å²) in [5.41, 5.74) is 0.883. The molecule has 2 heteroatoms. The van der Waals surface area contributed by atoms with Gasteiger partial charge in [0.05, 0.1) is 6.61 Å². The van der Waals surface area contributed by atoms with Crippen molar-refractivity contribution in [3.05, 3.63) is 48.3 Å². The summed E-state index contributed by atoms with van der Waals surface area (Å²) in [6.07, 6.45) is 1.65. The van der Waals surface area contributed by atoms with E-state index < -0.39 is 0 Å². The van der Waals surface area contributed by atoms with Crippen molar-refractivity contribution < 1.29 is 9.50 Å². The van der Waals surface area contributed by atoms with E-state index in [2.05, 4.69) is 6.58 Å². The summed E-state index contributed by atoms with van der Waals surface area (Å²) < 4.78 is 12.5. The Morgan fingerprint density at radius 3 is 2.42 bits per heavy atom. The minimum atomic E-state index is -0.264. The molecule has 1 atom stereocenters. The molecule has 1 nitrogen and oxygen atoms in total. The van der Waals surface area contributed by atoms with Gasteiger partial charge in [0.15, 0.2) is 0 Å². The van der Waals surface area contributed by atoms with Crippen LogP contribution in [0.15, 0.2) is 36.9 Å². The molecule has 64 valence electrons. The van der Waals surface area contributed by atoms with Crippen LogP contribution >= 0.6 is 0 Å². The monoisotopic (exact) mass is 166 g/mol. The minimum Gasteiger partial charge on any atom is -0.395 e. The molecule has 0 unspecified atom stereocenters. The average Bonchev–Trinajstić information content (AvgIpc) is 2.10. The Kier molecular flexibility index (Phi) is 3.00. The molecular formula is C10H11FO. The first-order valence-electron chi connectivity index (χ1n) is 3.77. The molecule has 1 rings (SSSR count). The Labute approximate surface area is 71.2 Å². The van der Waals surface area contributed by atoms with Gasteiger partial charge in [0.2, 0.25) is 0 Å². The van der Waals surface area contributed by atoms with E-state index in [1.807, 2.05) is 0 Å². The first kappa shape index (κ1) is 8.94. The summed E-state index contributed by atoms with van der Waals surface area (Å²) >= 11 is 0. The second-order valence-corrected chi connectivity index (χ2v) is 2.58. The highest BCUT2D eigenvalue weighted by atomic mass is 19.1. The average molecular weight is 166 g/mol. The number of hydrogen-bond acceptors (Lipinski definition) is 1. The van der Waals surface area contributed by atoms with Crippen LogP contribution < -0.4 is 0 Å². The SMILES string of the molecule is C=C[C@H](CO)c1ccc(F)cc1. The topological polar surface area (TPSA) is 20.2 Å². The molecule has 0 aliphatic rings. The summed E-state index contributed by atoms with van der Waals surface area (Å²) in [7, 11) is 0. The molecule has 0 saturated carbocycles. The molecule has 1 N–H and O–H groups in total. The smallest absolute Gasteiger partial charge is 0.123 e. The quantitative estimate of drug-likeness (QED) is 0.681. The summed E-state index contributed by atoms with van der Waals surface area (Å²) in [4.78, 5) is 0. The third-order valence-electron chi connectivity index (χ3n) is 1.78. The predicted octanol–water partition coefficient (Wildman–Crippen LogP) is 2.09. The molecule has 0 bridgehead atoms. The largest absolute Gasteiger partial charge is 0.395 e. The molecule has 0 aliphatic heterocycles. The molecule has 0 aromatic heterocycles. The maximum Gasteiger partial charge on any atom is 0.123 e. The fourth-order valence-electron chi connectivity index (χ4n) is 1.03. The van der Waals surface area contributed by atoms with E-state index in [9.17, 15) is 4.39 Å². The lowest BCUT2D eigenvalue weighted by atomic mass is 10.0. The Hall–Kier alpha value is -1.15. The van der Waals surface area contributed by atoms with E-state index in [-0.39, 0.29) is 18.3 Å². The van der Waals surface area contributed by atoms with Crippen LogP contribution in [-0.4, -0.2) is 11.7 Å². The predicted molar refractivity (Wildman–Crippen MR) is 46.4 cm³/mol. The van der Waals surface area contributed by atoms with Crippen LogP contribution in [0.5, 0.6) is 0 Å². The van der Waals surface area contributed by atoms with E-state index in [4.69, 9.17) is 5.11 Å². The molecule has 0 heterocycles. The van der Waals surface area contributed by atoms with Crippen molar-refractivity contribution in [2.24, 2.45) is 0 Å². The fourth-order valence-corrected chi connectivity index (χ4v) is 1.03. The van der Waals surface area contributed by atoms with Gasteiger partial charge in [-0.05, 0) is 17.7 Å². The lowest BCUT2D eigenvalue weighted by Gasteiger charge is -2.08. The number of aliphatic hydroxyl groups is 1. The van der Waals surface area contributed by atoms with E-state index in [0.29, 0.717) is 0 Å². The normalized spacial score (nSPS) is 12.5. The molecule has 0 fully saturated rings. The Morgan fingerprint density at radius 2 is 2.00 bits per heavy atom. The van der Waals surface area contributed by atoms with Gasteiger partial charge in [-0.25, -0.2) is 4.39 Å². The highest BCUT2D eigenvalue weighted by Gasteiger charge is 2.04. The van der Waals surface area contributed by atoms with Crippen LogP contribution in [0.1, 0.15) is 11.5 Å². The van der Waals surface area contributed by atoms with Gasteiger partial charge >= 0.3 is 0 Å². The second kappa shape index (κ2) is 4.02. The molecule has 12 heavy (non-hydrogen) atoms. The first-order valence-corrected chi connectivity index (χ1v) is 3.77. The van der Waals surface area contributed by atoms with Crippen LogP contribution in [0, 0.1) is 5.82 Å². The highest BCUT2D eigenvalue weighted by molar-refractivity contribution is 5.23. The van der Waals surface area contributed by atoms with Crippen LogP contribution in [0.25, 0.3) is 0 Å². The van der Waals surface area contributed by atoms with Crippen LogP contribution in [0.3, 0.4) is 0 Å². The third-order valence-corrected chi connectivity index (χ3v) is 1.78. The van der Waals surface area contributed by atoms with Crippen LogP contribution in [0.4, 0.5) is 4.39 Å². The summed E-state index contributed by atoms with van der Waals surface area (Å²) in [6, 6.07) is 6.05. The van der Waals surface area contributed by atoms with Crippen molar-refractivity contribution >= 4 is 0 Å². The van der Waals surface area contributed by atoms with Crippen molar-refractivity contribution in [2.45, 2.75) is 5.92 Å². The lowest BCUT2D eigenvalue weighted by molar-refractivity contribution is 0.283. The maximum absolute atomic E-state index is 12.5. The van der Waals surface area contributed by atoms with E-state index >= 15 is 0 Å². The summed E-state index contributed by atoms with van der Waals surface area (Å²) in [6.45, 7) is 3.59. The maximum atomic E-state index is 12.5. The van der Waals surface area contributed by atoms with Crippen molar-refractivity contribution in [1.29, 1.82) is 0 Å². The molecule has 1 aromatic carbocycles. The number of benzene rings is 1. The first-order chi connectivity index (χ1) is 5.77. The Balaban J connectivity index is 2.87. The number of halogens is 1. The lowest BCUT2D eigenvalue weighted by Crippen LogP contribution is -1.99. The Morgan fingerprint density at radius 1 is 1.42 bits per heavy atom. The minimum absolute atomic E-state index is 0.00906. The van der Waals surface area contributed by atoms with Gasteiger partial charge in [0, 0.05) is 5.92 Å². The number of hydrogen-bond donors (Lipinski definition) is 1. The zero-order valence-corrected chi connectivity index (χ0v) is 6.70. The Bertz CT molecular complexity index is 253. The van der Waals surface area contributed by atoms with Gasteiger partial charge in [-0.1, -0.05) is 18.2 Å². The molecule has 0 radical (unpaired) electrons. The zero-order chi connectivity index (χ0) is 8.97. The zero-order valence-electron chi connectivity index (χ0n) is 6.70. The van der Waals surface area contributed by atoms with Crippen molar-refractivity contribution in [1.82, 2.24) is 0 Å². The highest BCUT2D eigenvalue weighted by Crippen LogP contribution is 2.15. The van der Waals surface area contributed by atoms with Gasteiger partial charge < -0.3 is 5.11 Å². The summed E-state index contributed by atoms with van der Waals surface area (Å²) in [5.74, 6) is -0.356. The van der Waals surface area contributed by atoms with Gasteiger partial charge in [-0.2, -0.15) is 0 Å². The molecule has 1 aromatic rings. The number of aliphatic hydroxyl groups excluding tert-OH is 1. The number of rotatable bonds is 3. The second-order valence-electron chi connectivity index (χ2n) is 2.58. The standard InChI is InChI=1S/C10H11FO/c1-2-8(7-12)9-3-5-10(11)6-4-9/h2-6,8,12H,1,7H2/t8-/m1/s1. The van der Waals surface area contributed by atoms with E-state index in [1.54, 1.807) is 18.2 Å². The van der Waals surface area contributed by atoms with Crippen LogP contribution in [-0.2, 0) is 0 Å². The van der Waals surface area contributed by atoms with Crippen LogP contribution in [0.2, 0.25) is 0 Å². The van der Waals surface area contributed by atoms with Gasteiger partial charge in [0.25, 0.3) is 0 Å². The molecule has 0 amide bonds. The van der Waals surface area contributed by atoms with Gasteiger partial charge in [0.1, 0.15) is 5.82 Å². The fraction of sp³-hybridized carbons (Fsp3) is 0.200. The summed E-state index contributed by atoms with van der Waals surface area (Å²) in [5, 5.41) is 8.88. The van der Waals surface area contributed by atoms with Crippen molar-refractivity contribution in [3.63, 3.8) is 0 Å². The van der Waals surface area contributed by atoms with E-state index in [0.717, 1.165) is 5.56 Å². The third kappa shape index (κ3) is 1.92. The van der Waals surface area contributed by atoms with Gasteiger partial charge in [-0.15, -0.1) is 6.58 Å². The van der Waals surface area contributed by atoms with Crippen molar-refractivity contribution in [2.75, 3.05) is 6.61 Å². The molecule has 0 aliphatic carbocycles. The van der Waals surface area contributed by atoms with Gasteiger partial charge in [-0.3, -0.25) is 0 Å². The molecular weight excluding hydrogens is 155 g/mol. The molecule has 0 saturated heterocycles. The van der Waals surface area contributed by atoms with E-state index in [1.165, 1.54) is 12.1 Å². The molecule has 0 spiro atoms.